The average molecular weight is 617 g/mol. The van der Waals surface area contributed by atoms with Gasteiger partial charge in [0.2, 0.25) is 0 Å². The molecule has 0 atom stereocenters. The second-order valence-electron chi connectivity index (χ2n) is 8.15. The molecular weight excluding hydrogens is 587 g/mol. The van der Waals surface area contributed by atoms with Crippen LogP contribution in [-0.4, -0.2) is 45.2 Å². The summed E-state index contributed by atoms with van der Waals surface area (Å²) >= 11 is 0. The average Bonchev–Trinajstić information content (AvgIpc) is 2.90. The van der Waals surface area contributed by atoms with Gasteiger partial charge in [-0.15, -0.1) is 0 Å². The Labute approximate surface area is 253 Å². The summed E-state index contributed by atoms with van der Waals surface area (Å²) in [6.45, 7) is 4.77. The third kappa shape index (κ3) is 12.9. The number of phenols is 2. The number of phenolic OH excluding ortho intramolecular Hbond substituents is 2. The van der Waals surface area contributed by atoms with Crippen molar-refractivity contribution >= 4 is 17.9 Å². The first-order chi connectivity index (χ1) is 19.3. The van der Waals surface area contributed by atoms with Crippen molar-refractivity contribution in [2.24, 2.45) is 0 Å². The minimum absolute atomic E-state index is 0. The maximum Gasteiger partial charge on any atom is 3.00 e. The number of hydrogen-bond donors (Lipinski definition) is 2. The van der Waals surface area contributed by atoms with Crippen molar-refractivity contribution in [3.8, 4) is 51.2 Å². The molecule has 11 nitrogen and oxygen atoms in total. The van der Waals surface area contributed by atoms with Gasteiger partial charge in [0.05, 0.1) is 29.9 Å². The molecule has 2 heterocycles. The van der Waals surface area contributed by atoms with E-state index in [2.05, 4.69) is 4.98 Å². The van der Waals surface area contributed by atoms with Crippen LogP contribution in [0.2, 0.25) is 0 Å². The molecule has 0 aliphatic carbocycles. The van der Waals surface area contributed by atoms with Gasteiger partial charge in [-0.1, -0.05) is 24.3 Å². The van der Waals surface area contributed by atoms with E-state index in [0.717, 1.165) is 26.3 Å². The zero-order chi connectivity index (χ0) is 31.1. The third-order valence-electron chi connectivity index (χ3n) is 4.75. The van der Waals surface area contributed by atoms with Gasteiger partial charge < -0.3 is 44.7 Å². The fraction of sp³-hybridized carbons (Fsp3) is 0.167. The molecule has 0 saturated heterocycles. The molecule has 4 rings (SSSR count). The summed E-state index contributed by atoms with van der Waals surface area (Å²) in [5.41, 5.74) is 4.67. The minimum atomic E-state index is -1.08. The molecule has 2 aromatic heterocycles. The zero-order valence-electron chi connectivity index (χ0n) is 23.5. The number of carbonyl (C=O) groups is 3. The predicted molar refractivity (Wildman–Crippen MR) is 145 cm³/mol. The fourth-order valence-corrected chi connectivity index (χ4v) is 3.17. The Morgan fingerprint density at radius 2 is 1.07 bits per heavy atom. The van der Waals surface area contributed by atoms with E-state index in [1.54, 1.807) is 25.3 Å². The van der Waals surface area contributed by atoms with Crippen LogP contribution in [0.1, 0.15) is 26.3 Å². The molecule has 12 heteroatoms. The van der Waals surface area contributed by atoms with Gasteiger partial charge in [0.25, 0.3) is 0 Å². The number of pyridine rings is 2. The Bertz CT molecular complexity index is 1450. The van der Waals surface area contributed by atoms with Gasteiger partial charge in [0.15, 0.2) is 0 Å². The summed E-state index contributed by atoms with van der Waals surface area (Å²) in [6.07, 6.45) is 0. The molecular formula is C30H29MnN2O9. The summed E-state index contributed by atoms with van der Waals surface area (Å²) in [5.74, 6) is -2.26. The van der Waals surface area contributed by atoms with E-state index in [1.165, 1.54) is 0 Å². The first-order valence-corrected chi connectivity index (χ1v) is 11.9. The first kappa shape index (κ1) is 37.1. The number of hydrogen-bond acceptors (Lipinski definition) is 11. The molecule has 0 unspecified atom stereocenters. The zero-order valence-corrected chi connectivity index (χ0v) is 24.6. The van der Waals surface area contributed by atoms with Crippen LogP contribution in [0.25, 0.3) is 33.9 Å². The summed E-state index contributed by atoms with van der Waals surface area (Å²) in [6, 6.07) is 21.8. The van der Waals surface area contributed by atoms with E-state index in [-0.39, 0.29) is 28.6 Å². The molecule has 0 saturated carbocycles. The summed E-state index contributed by atoms with van der Waals surface area (Å²) in [7, 11) is 1.58. The van der Waals surface area contributed by atoms with Gasteiger partial charge >= 0.3 is 17.1 Å². The van der Waals surface area contributed by atoms with Gasteiger partial charge in [0.1, 0.15) is 17.2 Å². The van der Waals surface area contributed by atoms with Crippen molar-refractivity contribution in [2.75, 3.05) is 7.11 Å². The van der Waals surface area contributed by atoms with Crippen molar-refractivity contribution in [3.63, 3.8) is 0 Å². The van der Waals surface area contributed by atoms with Crippen LogP contribution in [0.5, 0.6) is 17.2 Å². The topological polar surface area (TPSA) is 196 Å². The number of benzene rings is 2. The quantitative estimate of drug-likeness (QED) is 0.315. The number of nitrogens with zero attached hydrogens (tertiary/aromatic N) is 2. The number of methoxy groups -OCH3 is 1. The van der Waals surface area contributed by atoms with E-state index >= 15 is 0 Å². The Balaban J connectivity index is 0.00000111. The number of para-hydroxylation sites is 1. The van der Waals surface area contributed by atoms with Crippen LogP contribution in [0.4, 0.5) is 0 Å². The molecule has 0 bridgehead atoms. The third-order valence-corrected chi connectivity index (χ3v) is 4.75. The van der Waals surface area contributed by atoms with Crippen LogP contribution in [0.3, 0.4) is 0 Å². The van der Waals surface area contributed by atoms with Crippen molar-refractivity contribution in [2.45, 2.75) is 27.7 Å². The minimum Gasteiger partial charge on any atom is -0.550 e. The van der Waals surface area contributed by atoms with Gasteiger partial charge in [-0.05, 0) is 81.8 Å². The Morgan fingerprint density at radius 1 is 0.667 bits per heavy atom. The van der Waals surface area contributed by atoms with Crippen LogP contribution in [0.15, 0.2) is 72.8 Å². The van der Waals surface area contributed by atoms with E-state index in [0.29, 0.717) is 39.7 Å². The Kier molecular flexibility index (Phi) is 16.3. The van der Waals surface area contributed by atoms with E-state index in [1.807, 2.05) is 61.5 Å². The predicted octanol–water partition coefficient (Wildman–Crippen LogP) is 1.47. The van der Waals surface area contributed by atoms with Crippen LogP contribution < -0.4 is 20.1 Å². The molecule has 42 heavy (non-hydrogen) atoms. The Morgan fingerprint density at radius 3 is 1.52 bits per heavy atom. The smallest absolute Gasteiger partial charge is 0.550 e. The molecule has 2 aromatic carbocycles. The molecule has 0 amide bonds. The van der Waals surface area contributed by atoms with E-state index in [4.69, 9.17) is 39.4 Å². The molecule has 2 N–H and O–H groups in total. The fourth-order valence-electron chi connectivity index (χ4n) is 3.17. The monoisotopic (exact) mass is 616 g/mol. The van der Waals surface area contributed by atoms with E-state index in [9.17, 15) is 10.2 Å². The SMILES string of the molecule is CC(=O)[O-].CC(=O)[O-].CC(=O)[O-].COc1ccc(O)c(-c2cccc(-c3cccc(-c4cccc(C)c4O)n3)n2)c1.[Mn+3]. The van der Waals surface area contributed by atoms with Crippen molar-refractivity contribution in [3.05, 3.63) is 78.4 Å². The van der Waals surface area contributed by atoms with Crippen LogP contribution in [-0.2, 0) is 31.5 Å². The number of carboxylic acid groups (broad SMARTS) is 3. The van der Waals surface area contributed by atoms with Gasteiger partial charge in [-0.2, -0.15) is 0 Å². The molecule has 0 aliphatic rings. The molecule has 0 aliphatic heterocycles. The number of rotatable bonds is 4. The normalized spacial score (nSPS) is 9.17. The number of carbonyl (C=O) groups excluding carboxylic acids is 3. The molecule has 0 radical (unpaired) electrons. The Hall–Kier alpha value is -4.93. The number of aromatic nitrogens is 2. The molecule has 220 valence electrons. The number of carboxylic acids is 3. The number of ether oxygens (including phenoxy) is 1. The summed E-state index contributed by atoms with van der Waals surface area (Å²) in [4.78, 5) is 36.0. The number of aryl methyl sites for hydroxylation is 1. The van der Waals surface area contributed by atoms with Gasteiger partial charge in [-0.25, -0.2) is 9.97 Å². The van der Waals surface area contributed by atoms with Gasteiger partial charge in [-0.3, -0.25) is 0 Å². The maximum absolute atomic E-state index is 10.4. The maximum atomic E-state index is 10.4. The largest absolute Gasteiger partial charge is 3.00 e. The van der Waals surface area contributed by atoms with Crippen molar-refractivity contribution in [1.82, 2.24) is 9.97 Å². The van der Waals surface area contributed by atoms with Crippen molar-refractivity contribution in [1.29, 1.82) is 0 Å². The van der Waals surface area contributed by atoms with Crippen LogP contribution >= 0.6 is 0 Å². The summed E-state index contributed by atoms with van der Waals surface area (Å²) < 4.78 is 5.26. The second kappa shape index (κ2) is 18.4. The standard InChI is InChI=1S/C24H20N2O3.3C2H4O2.Mn/c1-15-6-3-7-17(24(15)28)19-8-4-10-21(25-19)22-11-5-9-20(26-22)18-14-16(29-2)12-13-23(18)27;3*1-2(3)4;/h3-14,27-28H,1-2H3;3*1H3,(H,3,4);/q;;;;+3/p-3. The molecule has 0 spiro atoms. The van der Waals surface area contributed by atoms with Crippen molar-refractivity contribution < 1.29 is 61.7 Å². The summed E-state index contributed by atoms with van der Waals surface area (Å²) in [5, 5.41) is 47.3. The number of aliphatic carboxylic acids is 3. The second-order valence-corrected chi connectivity index (χ2v) is 8.15. The van der Waals surface area contributed by atoms with E-state index < -0.39 is 17.9 Å². The van der Waals surface area contributed by atoms with Crippen LogP contribution in [0, 0.1) is 6.92 Å². The van der Waals surface area contributed by atoms with Gasteiger partial charge in [0, 0.05) is 29.0 Å². The molecule has 4 aromatic rings. The first-order valence-electron chi connectivity index (χ1n) is 11.9. The number of aromatic hydroxyl groups is 2. The molecule has 0 fully saturated rings.